The maximum absolute atomic E-state index is 11.7. The number of ether oxygens (including phenoxy) is 1. The van der Waals surface area contributed by atoms with E-state index in [1.807, 2.05) is 24.3 Å². The molecule has 0 atom stereocenters. The number of thiazole rings is 1. The van der Waals surface area contributed by atoms with Crippen LogP contribution in [0.15, 0.2) is 34.7 Å². The van der Waals surface area contributed by atoms with E-state index in [9.17, 15) is 9.59 Å². The highest BCUT2D eigenvalue weighted by atomic mass is 32.1. The van der Waals surface area contributed by atoms with Gasteiger partial charge in [0.05, 0.1) is 24.9 Å². The number of hydrazone groups is 1. The zero-order valence-electron chi connectivity index (χ0n) is 14.5. The molecule has 0 radical (unpaired) electrons. The molecule has 8 heteroatoms. The molecule has 1 aliphatic heterocycles. The summed E-state index contributed by atoms with van der Waals surface area (Å²) in [6, 6.07) is 7.68. The van der Waals surface area contributed by atoms with Crippen molar-refractivity contribution in [1.29, 1.82) is 0 Å². The van der Waals surface area contributed by atoms with Gasteiger partial charge in [-0.15, -0.1) is 11.3 Å². The summed E-state index contributed by atoms with van der Waals surface area (Å²) in [5, 5.41) is 6.57. The number of anilines is 2. The predicted octanol–water partition coefficient (Wildman–Crippen LogP) is 2.82. The molecule has 0 aliphatic carbocycles. The van der Waals surface area contributed by atoms with Crippen LogP contribution >= 0.6 is 11.3 Å². The number of carbonyl (C=O) groups is 2. The fourth-order valence-electron chi connectivity index (χ4n) is 2.62. The van der Waals surface area contributed by atoms with Gasteiger partial charge in [-0.05, 0) is 31.0 Å². The van der Waals surface area contributed by atoms with Crippen molar-refractivity contribution in [2.45, 2.75) is 26.2 Å². The number of nitrogens with zero attached hydrogens (tertiary/aromatic N) is 3. The third-order valence-corrected chi connectivity index (χ3v) is 4.63. The Balaban J connectivity index is 1.53. The SMILES string of the molecule is CCOC(=O)Cc1csc(NN=Cc2ccc(N3CCCC3=O)cc2)n1. The van der Waals surface area contributed by atoms with E-state index < -0.39 is 0 Å². The van der Waals surface area contributed by atoms with Gasteiger partial charge in [0, 0.05) is 24.0 Å². The van der Waals surface area contributed by atoms with E-state index in [1.54, 1.807) is 23.4 Å². The molecule has 136 valence electrons. The average molecular weight is 372 g/mol. The fraction of sp³-hybridized carbons (Fsp3) is 0.333. The van der Waals surface area contributed by atoms with Crippen LogP contribution in [0.25, 0.3) is 0 Å². The molecule has 1 fully saturated rings. The van der Waals surface area contributed by atoms with Crippen LogP contribution in [0.3, 0.4) is 0 Å². The highest BCUT2D eigenvalue weighted by molar-refractivity contribution is 7.13. The second-order valence-corrected chi connectivity index (χ2v) is 6.59. The van der Waals surface area contributed by atoms with Crippen LogP contribution in [-0.2, 0) is 20.7 Å². The van der Waals surface area contributed by atoms with E-state index in [4.69, 9.17) is 4.74 Å². The first-order valence-corrected chi connectivity index (χ1v) is 9.33. The van der Waals surface area contributed by atoms with Crippen LogP contribution in [0.1, 0.15) is 31.0 Å². The van der Waals surface area contributed by atoms with E-state index in [-0.39, 0.29) is 18.3 Å². The molecule has 2 aromatic rings. The van der Waals surface area contributed by atoms with Crippen molar-refractivity contribution in [3.63, 3.8) is 0 Å². The van der Waals surface area contributed by atoms with Gasteiger partial charge in [0.15, 0.2) is 0 Å². The molecule has 0 spiro atoms. The number of aromatic nitrogens is 1. The van der Waals surface area contributed by atoms with Crippen molar-refractivity contribution < 1.29 is 14.3 Å². The summed E-state index contributed by atoms with van der Waals surface area (Å²) in [5.74, 6) is -0.111. The van der Waals surface area contributed by atoms with Crippen LogP contribution < -0.4 is 10.3 Å². The second-order valence-electron chi connectivity index (χ2n) is 5.74. The van der Waals surface area contributed by atoms with Crippen molar-refractivity contribution in [2.24, 2.45) is 5.10 Å². The lowest BCUT2D eigenvalue weighted by Gasteiger charge is -2.15. The molecular weight excluding hydrogens is 352 g/mol. The first kappa shape index (κ1) is 18.1. The van der Waals surface area contributed by atoms with Gasteiger partial charge in [0.1, 0.15) is 0 Å². The second kappa shape index (κ2) is 8.57. The predicted molar refractivity (Wildman–Crippen MR) is 102 cm³/mol. The summed E-state index contributed by atoms with van der Waals surface area (Å²) >= 11 is 1.38. The Labute approximate surface area is 155 Å². The van der Waals surface area contributed by atoms with Crippen molar-refractivity contribution in [3.05, 3.63) is 40.9 Å². The summed E-state index contributed by atoms with van der Waals surface area (Å²) in [7, 11) is 0. The van der Waals surface area contributed by atoms with Gasteiger partial charge in [-0.2, -0.15) is 5.10 Å². The smallest absolute Gasteiger partial charge is 0.311 e. The van der Waals surface area contributed by atoms with E-state index in [0.717, 1.165) is 24.2 Å². The summed E-state index contributed by atoms with van der Waals surface area (Å²) in [6.45, 7) is 2.92. The molecule has 1 N–H and O–H groups in total. The zero-order chi connectivity index (χ0) is 18.4. The van der Waals surface area contributed by atoms with Gasteiger partial charge >= 0.3 is 5.97 Å². The molecule has 26 heavy (non-hydrogen) atoms. The summed E-state index contributed by atoms with van der Waals surface area (Å²) in [4.78, 5) is 29.3. The summed E-state index contributed by atoms with van der Waals surface area (Å²) in [5.41, 5.74) is 5.34. The van der Waals surface area contributed by atoms with Gasteiger partial charge in [-0.3, -0.25) is 15.0 Å². The standard InChI is InChI=1S/C18H20N4O3S/c1-2-25-17(24)10-14-12-26-18(20-14)21-19-11-13-5-7-15(8-6-13)22-9-3-4-16(22)23/h5-8,11-12H,2-4,9-10H2,1H3,(H,20,21). The first-order valence-electron chi connectivity index (χ1n) is 8.45. The quantitative estimate of drug-likeness (QED) is 0.459. The van der Waals surface area contributed by atoms with Gasteiger partial charge in [-0.1, -0.05) is 12.1 Å². The average Bonchev–Trinajstić information content (AvgIpc) is 3.25. The zero-order valence-corrected chi connectivity index (χ0v) is 15.3. The van der Waals surface area contributed by atoms with Crippen LogP contribution in [0.4, 0.5) is 10.8 Å². The van der Waals surface area contributed by atoms with Crippen LogP contribution in [-0.4, -0.2) is 36.2 Å². The van der Waals surface area contributed by atoms with E-state index in [1.165, 1.54) is 11.3 Å². The number of nitrogens with one attached hydrogen (secondary N) is 1. The minimum atomic E-state index is -0.288. The lowest BCUT2D eigenvalue weighted by molar-refractivity contribution is -0.142. The lowest BCUT2D eigenvalue weighted by Crippen LogP contribution is -2.23. The number of benzene rings is 1. The third-order valence-electron chi connectivity index (χ3n) is 3.83. The number of hydrogen-bond donors (Lipinski definition) is 1. The van der Waals surface area contributed by atoms with Gasteiger partial charge in [-0.25, -0.2) is 4.98 Å². The topological polar surface area (TPSA) is 83.9 Å². The maximum atomic E-state index is 11.7. The Morgan fingerprint density at radius 1 is 1.42 bits per heavy atom. The number of rotatable bonds is 7. The lowest BCUT2D eigenvalue weighted by atomic mass is 10.2. The molecule has 7 nitrogen and oxygen atoms in total. The largest absolute Gasteiger partial charge is 0.466 e. The Bertz CT molecular complexity index is 801. The molecule has 1 saturated heterocycles. The Morgan fingerprint density at radius 3 is 2.92 bits per heavy atom. The fourth-order valence-corrected chi connectivity index (χ4v) is 3.28. The molecule has 2 heterocycles. The van der Waals surface area contributed by atoms with E-state index in [2.05, 4.69) is 15.5 Å². The van der Waals surface area contributed by atoms with Crippen molar-refractivity contribution in [2.75, 3.05) is 23.5 Å². The van der Waals surface area contributed by atoms with E-state index >= 15 is 0 Å². The molecule has 0 saturated carbocycles. The Hall–Kier alpha value is -2.74. The monoisotopic (exact) mass is 372 g/mol. The number of esters is 1. The number of carbonyl (C=O) groups excluding carboxylic acids is 2. The van der Waals surface area contributed by atoms with Crippen LogP contribution in [0.2, 0.25) is 0 Å². The minimum absolute atomic E-state index is 0.159. The van der Waals surface area contributed by atoms with E-state index in [0.29, 0.717) is 23.9 Å². The molecular formula is C18H20N4O3S. The van der Waals surface area contributed by atoms with Crippen molar-refractivity contribution in [1.82, 2.24) is 4.98 Å². The maximum Gasteiger partial charge on any atom is 0.311 e. The summed E-state index contributed by atoms with van der Waals surface area (Å²) in [6.07, 6.45) is 3.38. The molecule has 1 amide bonds. The van der Waals surface area contributed by atoms with Crippen molar-refractivity contribution in [3.8, 4) is 0 Å². The third kappa shape index (κ3) is 4.66. The molecule has 0 unspecified atom stereocenters. The number of hydrogen-bond acceptors (Lipinski definition) is 7. The Morgan fingerprint density at radius 2 is 2.23 bits per heavy atom. The molecule has 1 aromatic heterocycles. The van der Waals surface area contributed by atoms with Gasteiger partial charge in [0.25, 0.3) is 0 Å². The number of amides is 1. The van der Waals surface area contributed by atoms with Gasteiger partial charge < -0.3 is 9.64 Å². The Kier molecular flexibility index (Phi) is 5.96. The first-order chi connectivity index (χ1) is 12.7. The molecule has 3 rings (SSSR count). The van der Waals surface area contributed by atoms with Crippen molar-refractivity contribution >= 4 is 40.2 Å². The minimum Gasteiger partial charge on any atom is -0.466 e. The summed E-state index contributed by atoms with van der Waals surface area (Å²) < 4.78 is 4.90. The van der Waals surface area contributed by atoms with Crippen LogP contribution in [0.5, 0.6) is 0 Å². The highest BCUT2D eigenvalue weighted by Gasteiger charge is 2.21. The highest BCUT2D eigenvalue weighted by Crippen LogP contribution is 2.21. The molecule has 1 aromatic carbocycles. The molecule has 0 bridgehead atoms. The normalized spacial score (nSPS) is 14.2. The van der Waals surface area contributed by atoms with Crippen LogP contribution in [0, 0.1) is 0 Å². The molecule has 1 aliphatic rings. The van der Waals surface area contributed by atoms with Gasteiger partial charge in [0.2, 0.25) is 11.0 Å².